The fourth-order valence-electron chi connectivity index (χ4n) is 1.72. The van der Waals surface area contributed by atoms with Crippen molar-refractivity contribution < 1.29 is 14.3 Å². The van der Waals surface area contributed by atoms with Crippen molar-refractivity contribution in [2.45, 2.75) is 27.4 Å². The molecule has 0 aliphatic heterocycles. The molecule has 0 aromatic heterocycles. The van der Waals surface area contributed by atoms with Crippen LogP contribution in [0.25, 0.3) is 0 Å². The number of Topliss-reactive ketones (excluding diaryl/α,β-unsaturated/α-hetero) is 1. The first kappa shape index (κ1) is 15.2. The molecule has 0 spiro atoms. The fourth-order valence-corrected chi connectivity index (χ4v) is 1.72. The van der Waals surface area contributed by atoms with Gasteiger partial charge in [0.2, 0.25) is 0 Å². The highest BCUT2D eigenvalue weighted by Gasteiger charge is 2.17. The lowest BCUT2D eigenvalue weighted by Gasteiger charge is -2.22. The summed E-state index contributed by atoms with van der Waals surface area (Å²) in [5.74, 6) is 0.251. The van der Waals surface area contributed by atoms with Gasteiger partial charge in [0.25, 0.3) is 0 Å². The zero-order valence-corrected chi connectivity index (χ0v) is 11.8. The number of ether oxygens (including phenoxy) is 1. The Kier molecular flexibility index (Phi) is 6.06. The maximum Gasteiger partial charge on any atom is 0.410 e. The van der Waals surface area contributed by atoms with Crippen LogP contribution in [0.2, 0.25) is 0 Å². The quantitative estimate of drug-likeness (QED) is 0.792. The second-order valence-corrected chi connectivity index (χ2v) is 5.02. The summed E-state index contributed by atoms with van der Waals surface area (Å²) in [4.78, 5) is 24.6. The molecule has 0 fully saturated rings. The SMILES string of the molecule is CC(=O)CN(CC(C)C)C(=O)OCc1ccccc1. The summed E-state index contributed by atoms with van der Waals surface area (Å²) in [5, 5.41) is 0. The van der Waals surface area contributed by atoms with Crippen LogP contribution >= 0.6 is 0 Å². The van der Waals surface area contributed by atoms with Crippen molar-refractivity contribution in [3.05, 3.63) is 35.9 Å². The molecule has 1 amide bonds. The van der Waals surface area contributed by atoms with E-state index in [1.165, 1.54) is 11.8 Å². The maximum absolute atomic E-state index is 11.9. The number of carbonyl (C=O) groups excluding carboxylic acids is 2. The Morgan fingerprint density at radius 3 is 2.37 bits per heavy atom. The van der Waals surface area contributed by atoms with Gasteiger partial charge >= 0.3 is 6.09 Å². The van der Waals surface area contributed by atoms with Crippen molar-refractivity contribution in [2.75, 3.05) is 13.1 Å². The van der Waals surface area contributed by atoms with Crippen molar-refractivity contribution in [1.29, 1.82) is 0 Å². The van der Waals surface area contributed by atoms with E-state index < -0.39 is 6.09 Å². The monoisotopic (exact) mass is 263 g/mol. The number of hydrogen-bond donors (Lipinski definition) is 0. The van der Waals surface area contributed by atoms with Crippen LogP contribution in [-0.4, -0.2) is 29.9 Å². The largest absolute Gasteiger partial charge is 0.445 e. The lowest BCUT2D eigenvalue weighted by atomic mass is 10.2. The van der Waals surface area contributed by atoms with Gasteiger partial charge in [-0.05, 0) is 18.4 Å². The number of carbonyl (C=O) groups is 2. The molecule has 0 aliphatic rings. The van der Waals surface area contributed by atoms with Crippen molar-refractivity contribution in [3.63, 3.8) is 0 Å². The number of benzene rings is 1. The Morgan fingerprint density at radius 2 is 1.84 bits per heavy atom. The van der Waals surface area contributed by atoms with E-state index in [-0.39, 0.29) is 18.9 Å². The molecule has 1 aromatic rings. The highest BCUT2D eigenvalue weighted by Crippen LogP contribution is 2.05. The minimum atomic E-state index is -0.437. The lowest BCUT2D eigenvalue weighted by Crippen LogP contribution is -2.37. The molecule has 0 bridgehead atoms. The molecule has 104 valence electrons. The van der Waals surface area contributed by atoms with E-state index in [4.69, 9.17) is 4.74 Å². The van der Waals surface area contributed by atoms with Gasteiger partial charge in [0.1, 0.15) is 12.4 Å². The van der Waals surface area contributed by atoms with E-state index >= 15 is 0 Å². The van der Waals surface area contributed by atoms with E-state index in [2.05, 4.69) is 0 Å². The van der Waals surface area contributed by atoms with Gasteiger partial charge < -0.3 is 9.64 Å². The Hall–Kier alpha value is -1.84. The van der Waals surface area contributed by atoms with Gasteiger partial charge in [0, 0.05) is 6.54 Å². The molecule has 0 aliphatic carbocycles. The van der Waals surface area contributed by atoms with E-state index in [1.54, 1.807) is 0 Å². The van der Waals surface area contributed by atoms with E-state index in [0.29, 0.717) is 12.5 Å². The van der Waals surface area contributed by atoms with Crippen LogP contribution in [0.3, 0.4) is 0 Å². The molecule has 19 heavy (non-hydrogen) atoms. The van der Waals surface area contributed by atoms with E-state index in [0.717, 1.165) is 5.56 Å². The third-order valence-corrected chi connectivity index (χ3v) is 2.46. The number of ketones is 1. The molecular weight excluding hydrogens is 242 g/mol. The summed E-state index contributed by atoms with van der Waals surface area (Å²) < 4.78 is 5.23. The highest BCUT2D eigenvalue weighted by molar-refractivity contribution is 5.81. The molecule has 4 nitrogen and oxygen atoms in total. The summed E-state index contributed by atoms with van der Waals surface area (Å²) in [6, 6.07) is 9.48. The van der Waals surface area contributed by atoms with Crippen LogP contribution in [0.15, 0.2) is 30.3 Å². The second kappa shape index (κ2) is 7.56. The highest BCUT2D eigenvalue weighted by atomic mass is 16.6. The van der Waals surface area contributed by atoms with Crippen LogP contribution in [0.1, 0.15) is 26.3 Å². The van der Waals surface area contributed by atoms with Gasteiger partial charge in [0.15, 0.2) is 0 Å². The first-order chi connectivity index (χ1) is 8.99. The van der Waals surface area contributed by atoms with Crippen LogP contribution in [0.5, 0.6) is 0 Å². The Morgan fingerprint density at radius 1 is 1.21 bits per heavy atom. The first-order valence-electron chi connectivity index (χ1n) is 6.44. The van der Waals surface area contributed by atoms with Crippen LogP contribution in [0, 0.1) is 5.92 Å². The first-order valence-corrected chi connectivity index (χ1v) is 6.44. The van der Waals surface area contributed by atoms with Gasteiger partial charge in [-0.25, -0.2) is 4.79 Å². The molecule has 0 radical (unpaired) electrons. The average molecular weight is 263 g/mol. The summed E-state index contributed by atoms with van der Waals surface area (Å²) in [5.41, 5.74) is 0.933. The summed E-state index contributed by atoms with van der Waals surface area (Å²) in [7, 11) is 0. The minimum absolute atomic E-state index is 0.0442. The normalized spacial score (nSPS) is 10.3. The van der Waals surface area contributed by atoms with Gasteiger partial charge in [-0.3, -0.25) is 4.79 Å². The lowest BCUT2D eigenvalue weighted by molar-refractivity contribution is -0.118. The van der Waals surface area contributed by atoms with E-state index in [1.807, 2.05) is 44.2 Å². The third-order valence-electron chi connectivity index (χ3n) is 2.46. The van der Waals surface area contributed by atoms with Gasteiger partial charge in [0.05, 0.1) is 6.54 Å². The molecular formula is C15H21NO3. The molecule has 0 heterocycles. The molecule has 1 aromatic carbocycles. The summed E-state index contributed by atoms with van der Waals surface area (Å²) in [6.45, 7) is 6.32. The van der Waals surface area contributed by atoms with Crippen molar-refractivity contribution in [2.24, 2.45) is 5.92 Å². The topological polar surface area (TPSA) is 46.6 Å². The molecule has 0 N–H and O–H groups in total. The van der Waals surface area contributed by atoms with Crippen LogP contribution in [-0.2, 0) is 16.1 Å². The number of hydrogen-bond acceptors (Lipinski definition) is 3. The molecule has 0 atom stereocenters. The molecule has 0 saturated carbocycles. The standard InChI is InChI=1S/C15H21NO3/c1-12(2)9-16(10-13(3)17)15(18)19-11-14-7-5-4-6-8-14/h4-8,12H,9-11H2,1-3H3. The number of nitrogens with zero attached hydrogens (tertiary/aromatic N) is 1. The number of amides is 1. The Bertz CT molecular complexity index is 415. The fraction of sp³-hybridized carbons (Fsp3) is 0.467. The second-order valence-electron chi connectivity index (χ2n) is 5.02. The van der Waals surface area contributed by atoms with Crippen molar-refractivity contribution >= 4 is 11.9 Å². The molecule has 4 heteroatoms. The maximum atomic E-state index is 11.9. The predicted octanol–water partition coefficient (Wildman–Crippen LogP) is 2.87. The van der Waals surface area contributed by atoms with Gasteiger partial charge in [-0.2, -0.15) is 0 Å². The zero-order chi connectivity index (χ0) is 14.3. The van der Waals surface area contributed by atoms with Crippen molar-refractivity contribution in [1.82, 2.24) is 4.90 Å². The van der Waals surface area contributed by atoms with Gasteiger partial charge in [-0.1, -0.05) is 44.2 Å². The predicted molar refractivity (Wildman–Crippen MR) is 73.7 cm³/mol. The van der Waals surface area contributed by atoms with Gasteiger partial charge in [-0.15, -0.1) is 0 Å². The molecule has 0 saturated heterocycles. The van der Waals surface area contributed by atoms with Crippen LogP contribution < -0.4 is 0 Å². The molecule has 1 rings (SSSR count). The number of rotatable bonds is 6. The van der Waals surface area contributed by atoms with E-state index in [9.17, 15) is 9.59 Å². The minimum Gasteiger partial charge on any atom is -0.445 e. The summed E-state index contributed by atoms with van der Waals surface area (Å²) >= 11 is 0. The molecule has 0 unspecified atom stereocenters. The van der Waals surface area contributed by atoms with Crippen LogP contribution in [0.4, 0.5) is 4.79 Å². The zero-order valence-electron chi connectivity index (χ0n) is 11.8. The Labute approximate surface area is 114 Å². The average Bonchev–Trinajstić information content (AvgIpc) is 2.35. The summed E-state index contributed by atoms with van der Waals surface area (Å²) in [6.07, 6.45) is -0.437. The third kappa shape index (κ3) is 6.04. The smallest absolute Gasteiger partial charge is 0.410 e. The Balaban J connectivity index is 2.54. The van der Waals surface area contributed by atoms with Crippen molar-refractivity contribution in [3.8, 4) is 0 Å².